The minimum absolute atomic E-state index is 0.0127. The smallest absolute Gasteiger partial charge is 0.346 e. The number of aromatic amines is 1. The van der Waals surface area contributed by atoms with Crippen LogP contribution in [-0.4, -0.2) is 50.3 Å². The largest absolute Gasteiger partial charge is 0.481 e. The molecule has 0 fully saturated rings. The maximum absolute atomic E-state index is 12.1. The minimum Gasteiger partial charge on any atom is -0.481 e. The van der Waals surface area contributed by atoms with Gasteiger partial charge in [0.1, 0.15) is 11.1 Å². The Balaban J connectivity index is 3.11. The summed E-state index contributed by atoms with van der Waals surface area (Å²) in [7, 11) is 0. The van der Waals surface area contributed by atoms with Crippen LogP contribution in [0.2, 0.25) is 0 Å². The molecule has 4 N–H and O–H groups in total. The van der Waals surface area contributed by atoms with Crippen molar-refractivity contribution in [1.29, 1.82) is 0 Å². The minimum atomic E-state index is -1.57. The number of rotatable bonds is 6. The summed E-state index contributed by atoms with van der Waals surface area (Å²) in [5, 5.41) is 19.8. The molecule has 0 aliphatic rings. The molecule has 0 aromatic carbocycles. The Morgan fingerprint density at radius 2 is 2.00 bits per heavy atom. The van der Waals surface area contributed by atoms with Gasteiger partial charge in [-0.3, -0.25) is 9.59 Å². The maximum atomic E-state index is 12.1. The van der Waals surface area contributed by atoms with E-state index < -0.39 is 36.0 Å². The number of nitrogens with one attached hydrogen (secondary N) is 2. The van der Waals surface area contributed by atoms with Crippen LogP contribution in [0.15, 0.2) is 9.82 Å². The van der Waals surface area contributed by atoms with Crippen LogP contribution >= 0.6 is 11.8 Å². The van der Waals surface area contributed by atoms with Gasteiger partial charge in [0.05, 0.1) is 12.0 Å². The summed E-state index contributed by atoms with van der Waals surface area (Å²) in [6, 6.07) is -1.57. The van der Waals surface area contributed by atoms with Crippen LogP contribution < -0.4 is 11.0 Å². The molecule has 1 unspecified atom stereocenters. The molecule has 1 rings (SSSR count). The van der Waals surface area contributed by atoms with Gasteiger partial charge >= 0.3 is 17.6 Å². The van der Waals surface area contributed by atoms with Crippen molar-refractivity contribution in [2.75, 3.05) is 6.26 Å². The van der Waals surface area contributed by atoms with Gasteiger partial charge in [0.25, 0.3) is 5.91 Å². The highest BCUT2D eigenvalue weighted by atomic mass is 32.2. The number of hydrogen-bond acceptors (Lipinski definition) is 6. The first-order valence-electron chi connectivity index (χ1n) is 5.66. The van der Waals surface area contributed by atoms with Gasteiger partial charge in [-0.25, -0.2) is 9.59 Å². The van der Waals surface area contributed by atoms with E-state index in [0.717, 1.165) is 11.8 Å². The molecule has 1 atom stereocenters. The summed E-state index contributed by atoms with van der Waals surface area (Å²) in [6.45, 7) is 1.46. The topological polar surface area (TPSA) is 149 Å². The van der Waals surface area contributed by atoms with Gasteiger partial charge in [0, 0.05) is 5.69 Å². The molecule has 1 aromatic rings. The summed E-state index contributed by atoms with van der Waals surface area (Å²) in [5.74, 6) is -3.63. The third-order valence-corrected chi connectivity index (χ3v) is 3.17. The zero-order chi connectivity index (χ0) is 16.2. The van der Waals surface area contributed by atoms with Gasteiger partial charge in [-0.15, -0.1) is 11.8 Å². The molecular weight excluding hydrogens is 302 g/mol. The Kier molecular flexibility index (Phi) is 5.47. The number of carboxylic acid groups (broad SMARTS) is 2. The number of amides is 1. The summed E-state index contributed by atoms with van der Waals surface area (Å²) < 4.78 is 0. The molecule has 1 aromatic heterocycles. The van der Waals surface area contributed by atoms with Crippen molar-refractivity contribution in [3.8, 4) is 0 Å². The van der Waals surface area contributed by atoms with Crippen LogP contribution in [0.5, 0.6) is 0 Å². The number of carboxylic acids is 2. The van der Waals surface area contributed by atoms with Crippen LogP contribution in [0.4, 0.5) is 0 Å². The Labute approximate surface area is 122 Å². The fourth-order valence-electron chi connectivity index (χ4n) is 1.58. The van der Waals surface area contributed by atoms with Crippen LogP contribution in [-0.2, 0) is 9.59 Å². The molecule has 0 bridgehead atoms. The summed E-state index contributed by atoms with van der Waals surface area (Å²) in [5.41, 5.74) is -0.399. The Hall–Kier alpha value is -2.36. The second kappa shape index (κ2) is 6.88. The number of carbonyl (C=O) groups excluding carboxylic acids is 1. The maximum Gasteiger partial charge on any atom is 0.346 e. The normalized spacial score (nSPS) is 11.7. The lowest BCUT2D eigenvalue weighted by atomic mass is 10.1. The zero-order valence-electron chi connectivity index (χ0n) is 11.2. The van der Waals surface area contributed by atoms with Crippen molar-refractivity contribution in [1.82, 2.24) is 15.3 Å². The van der Waals surface area contributed by atoms with E-state index in [1.807, 2.05) is 0 Å². The van der Waals surface area contributed by atoms with E-state index in [4.69, 9.17) is 10.2 Å². The number of carbonyl (C=O) groups is 3. The zero-order valence-corrected chi connectivity index (χ0v) is 12.0. The molecule has 1 amide bonds. The third-order valence-electron chi connectivity index (χ3n) is 2.49. The highest BCUT2D eigenvalue weighted by Crippen LogP contribution is 2.18. The van der Waals surface area contributed by atoms with Crippen LogP contribution in [0.25, 0.3) is 0 Å². The van der Waals surface area contributed by atoms with Crippen molar-refractivity contribution in [2.24, 2.45) is 0 Å². The lowest BCUT2D eigenvalue weighted by Gasteiger charge is -2.14. The predicted molar refractivity (Wildman–Crippen MR) is 72.5 cm³/mol. The number of aromatic nitrogens is 2. The quantitative estimate of drug-likeness (QED) is 0.404. The first-order chi connectivity index (χ1) is 9.76. The van der Waals surface area contributed by atoms with Gasteiger partial charge in [0.15, 0.2) is 0 Å². The molecule has 0 saturated carbocycles. The van der Waals surface area contributed by atoms with Crippen molar-refractivity contribution in [3.63, 3.8) is 0 Å². The van der Waals surface area contributed by atoms with Crippen molar-refractivity contribution >= 4 is 29.6 Å². The molecule has 0 aliphatic heterocycles. The second-order valence-electron chi connectivity index (χ2n) is 4.01. The number of thioether (sulfide) groups is 1. The van der Waals surface area contributed by atoms with Crippen molar-refractivity contribution in [2.45, 2.75) is 24.4 Å². The SMILES string of the molecule is CSc1nc(=O)[nH]c(C)c1C(=O)NC(CC(=O)O)C(=O)O. The number of aliphatic carboxylic acids is 2. The number of hydrogen-bond donors (Lipinski definition) is 4. The highest BCUT2D eigenvalue weighted by molar-refractivity contribution is 7.98. The van der Waals surface area contributed by atoms with E-state index in [1.54, 1.807) is 6.26 Å². The molecule has 0 radical (unpaired) electrons. The summed E-state index contributed by atoms with van der Waals surface area (Å²) in [6.07, 6.45) is 0.843. The Bertz CT molecular complexity index is 641. The summed E-state index contributed by atoms with van der Waals surface area (Å²) in [4.78, 5) is 50.8. The molecule has 114 valence electrons. The van der Waals surface area contributed by atoms with Gasteiger partial charge < -0.3 is 20.5 Å². The van der Waals surface area contributed by atoms with E-state index in [0.29, 0.717) is 0 Å². The third kappa shape index (κ3) is 4.31. The number of H-pyrrole nitrogens is 1. The van der Waals surface area contributed by atoms with Crippen LogP contribution in [0.1, 0.15) is 22.5 Å². The van der Waals surface area contributed by atoms with Gasteiger partial charge in [-0.2, -0.15) is 4.98 Å². The lowest BCUT2D eigenvalue weighted by Crippen LogP contribution is -2.43. The van der Waals surface area contributed by atoms with E-state index >= 15 is 0 Å². The molecular formula is C11H13N3O6S. The summed E-state index contributed by atoms with van der Waals surface area (Å²) >= 11 is 1.05. The van der Waals surface area contributed by atoms with E-state index in [9.17, 15) is 19.2 Å². The van der Waals surface area contributed by atoms with Crippen molar-refractivity contribution < 1.29 is 24.6 Å². The van der Waals surface area contributed by atoms with Crippen molar-refractivity contribution in [3.05, 3.63) is 21.7 Å². The van der Waals surface area contributed by atoms with Gasteiger partial charge in [-0.05, 0) is 13.2 Å². The average Bonchev–Trinajstić information content (AvgIpc) is 2.35. The van der Waals surface area contributed by atoms with Crippen LogP contribution in [0, 0.1) is 6.92 Å². The molecule has 0 spiro atoms. The number of aryl methyl sites for hydroxylation is 1. The second-order valence-corrected chi connectivity index (χ2v) is 4.81. The highest BCUT2D eigenvalue weighted by Gasteiger charge is 2.26. The Morgan fingerprint density at radius 1 is 1.38 bits per heavy atom. The lowest BCUT2D eigenvalue weighted by molar-refractivity contribution is -0.145. The first kappa shape index (κ1) is 16.7. The molecule has 10 heteroatoms. The first-order valence-corrected chi connectivity index (χ1v) is 6.89. The average molecular weight is 315 g/mol. The Morgan fingerprint density at radius 3 is 2.48 bits per heavy atom. The van der Waals surface area contributed by atoms with E-state index in [2.05, 4.69) is 15.3 Å². The molecule has 0 aliphatic carbocycles. The monoisotopic (exact) mass is 315 g/mol. The fraction of sp³-hybridized carbons (Fsp3) is 0.364. The fourth-order valence-corrected chi connectivity index (χ4v) is 2.20. The molecule has 1 heterocycles. The molecule has 0 saturated heterocycles. The van der Waals surface area contributed by atoms with Gasteiger partial charge in [-0.1, -0.05) is 0 Å². The van der Waals surface area contributed by atoms with Crippen LogP contribution in [0.3, 0.4) is 0 Å². The standard InChI is InChI=1S/C11H13N3O6S/c1-4-7(9(21-2)14-11(20)12-4)8(17)13-5(10(18)19)3-6(15)16/h5H,3H2,1-2H3,(H,13,17)(H,15,16)(H,18,19)(H,12,14,20). The molecule has 21 heavy (non-hydrogen) atoms. The predicted octanol–water partition coefficient (Wildman–Crippen LogP) is -0.542. The van der Waals surface area contributed by atoms with Gasteiger partial charge in [0.2, 0.25) is 0 Å². The van der Waals surface area contributed by atoms with E-state index in [1.165, 1.54) is 6.92 Å². The van der Waals surface area contributed by atoms with E-state index in [-0.39, 0.29) is 16.3 Å². The molecule has 9 nitrogen and oxygen atoms in total. The number of nitrogens with zero attached hydrogens (tertiary/aromatic N) is 1.